The largest absolute Gasteiger partial charge is 0.330 e. The summed E-state index contributed by atoms with van der Waals surface area (Å²) in [6.07, 6.45) is 4.23. The molecule has 0 saturated heterocycles. The van der Waals surface area contributed by atoms with Crippen LogP contribution in [0.1, 0.15) is 5.56 Å². The number of hydrogen-bond acceptors (Lipinski definition) is 3. The third-order valence-electron chi connectivity index (χ3n) is 2.41. The maximum atomic E-state index is 13.8. The molecule has 0 amide bonds. The van der Waals surface area contributed by atoms with Gasteiger partial charge in [-0.15, -0.1) is 0 Å². The lowest BCUT2D eigenvalue weighted by Crippen LogP contribution is -2.03. The van der Waals surface area contributed by atoms with Crippen LogP contribution in [0, 0.1) is 5.82 Å². The molecule has 0 aliphatic heterocycles. The second kappa shape index (κ2) is 5.33. The van der Waals surface area contributed by atoms with E-state index in [-0.39, 0.29) is 5.82 Å². The molecule has 5 heteroatoms. The minimum absolute atomic E-state index is 0.219. The molecule has 0 radical (unpaired) electrons. The standard InChI is InChI=1S/C12H14FN3S/c1-16-7-6-15-12(16)17-11-3-2-9(4-5-14)8-10(11)13/h2-3,6-8H,4-5,14H2,1H3. The van der Waals surface area contributed by atoms with Crippen LogP contribution in [0.25, 0.3) is 0 Å². The Morgan fingerprint density at radius 3 is 2.88 bits per heavy atom. The van der Waals surface area contributed by atoms with Gasteiger partial charge in [-0.05, 0) is 42.4 Å². The van der Waals surface area contributed by atoms with E-state index in [0.717, 1.165) is 10.7 Å². The van der Waals surface area contributed by atoms with Gasteiger partial charge in [-0.1, -0.05) is 6.07 Å². The van der Waals surface area contributed by atoms with Gasteiger partial charge in [0.1, 0.15) is 5.82 Å². The highest BCUT2D eigenvalue weighted by Gasteiger charge is 2.08. The van der Waals surface area contributed by atoms with Crippen LogP contribution in [-0.4, -0.2) is 16.1 Å². The van der Waals surface area contributed by atoms with Gasteiger partial charge in [0, 0.05) is 19.4 Å². The predicted octanol–water partition coefficient (Wildman–Crippen LogP) is 2.21. The average Bonchev–Trinajstić information content (AvgIpc) is 2.69. The second-order valence-electron chi connectivity index (χ2n) is 3.73. The van der Waals surface area contributed by atoms with Gasteiger partial charge in [0.2, 0.25) is 0 Å². The fourth-order valence-corrected chi connectivity index (χ4v) is 2.31. The van der Waals surface area contributed by atoms with Crippen molar-refractivity contribution in [3.63, 3.8) is 0 Å². The number of aromatic nitrogens is 2. The van der Waals surface area contributed by atoms with Gasteiger partial charge in [-0.2, -0.15) is 0 Å². The fraction of sp³-hybridized carbons (Fsp3) is 0.250. The van der Waals surface area contributed by atoms with Crippen LogP contribution < -0.4 is 5.73 Å². The van der Waals surface area contributed by atoms with E-state index in [1.54, 1.807) is 12.3 Å². The average molecular weight is 251 g/mol. The summed E-state index contributed by atoms with van der Waals surface area (Å²) in [6.45, 7) is 0.533. The summed E-state index contributed by atoms with van der Waals surface area (Å²) in [5.74, 6) is -0.219. The van der Waals surface area contributed by atoms with E-state index in [1.807, 2.05) is 23.9 Å². The van der Waals surface area contributed by atoms with E-state index in [1.165, 1.54) is 17.8 Å². The molecule has 1 aromatic heterocycles. The van der Waals surface area contributed by atoms with Crippen molar-refractivity contribution >= 4 is 11.8 Å². The molecular weight excluding hydrogens is 237 g/mol. The first kappa shape index (κ1) is 12.1. The Bertz CT molecular complexity index is 510. The predicted molar refractivity (Wildman–Crippen MR) is 66.5 cm³/mol. The molecule has 0 bridgehead atoms. The SMILES string of the molecule is Cn1ccnc1Sc1ccc(CCN)cc1F. The van der Waals surface area contributed by atoms with Crippen molar-refractivity contribution in [3.05, 3.63) is 42.0 Å². The minimum Gasteiger partial charge on any atom is -0.330 e. The summed E-state index contributed by atoms with van der Waals surface area (Å²) in [4.78, 5) is 4.73. The van der Waals surface area contributed by atoms with Crippen LogP contribution in [0.15, 0.2) is 40.6 Å². The molecule has 0 fully saturated rings. The molecule has 0 atom stereocenters. The summed E-state index contributed by atoms with van der Waals surface area (Å²) in [6, 6.07) is 5.22. The molecule has 0 spiro atoms. The quantitative estimate of drug-likeness (QED) is 0.906. The van der Waals surface area contributed by atoms with Gasteiger partial charge in [0.15, 0.2) is 5.16 Å². The monoisotopic (exact) mass is 251 g/mol. The van der Waals surface area contributed by atoms with Crippen molar-refractivity contribution in [3.8, 4) is 0 Å². The molecule has 0 aliphatic rings. The highest BCUT2D eigenvalue weighted by molar-refractivity contribution is 7.99. The molecule has 1 aromatic carbocycles. The summed E-state index contributed by atoms with van der Waals surface area (Å²) in [5, 5.41) is 0.774. The van der Waals surface area contributed by atoms with Crippen LogP contribution in [0.2, 0.25) is 0 Å². The molecule has 0 saturated carbocycles. The number of nitrogens with two attached hydrogens (primary N) is 1. The molecule has 17 heavy (non-hydrogen) atoms. The number of halogens is 1. The van der Waals surface area contributed by atoms with Crippen molar-refractivity contribution < 1.29 is 4.39 Å². The lowest BCUT2D eigenvalue weighted by atomic mass is 10.1. The Kier molecular flexibility index (Phi) is 3.81. The van der Waals surface area contributed by atoms with E-state index >= 15 is 0 Å². The first-order valence-corrected chi connectivity index (χ1v) is 6.16. The van der Waals surface area contributed by atoms with Gasteiger partial charge in [0.05, 0.1) is 4.90 Å². The molecule has 2 aromatic rings. The summed E-state index contributed by atoms with van der Waals surface area (Å²) in [7, 11) is 1.88. The van der Waals surface area contributed by atoms with Gasteiger partial charge in [0.25, 0.3) is 0 Å². The highest BCUT2D eigenvalue weighted by Crippen LogP contribution is 2.28. The molecule has 0 unspecified atom stereocenters. The van der Waals surface area contributed by atoms with Crippen molar-refractivity contribution in [2.75, 3.05) is 6.54 Å². The summed E-state index contributed by atoms with van der Waals surface area (Å²) in [5.41, 5.74) is 6.36. The number of aryl methyl sites for hydroxylation is 1. The number of benzene rings is 1. The first-order valence-electron chi connectivity index (χ1n) is 5.34. The van der Waals surface area contributed by atoms with Crippen LogP contribution in [0.5, 0.6) is 0 Å². The fourth-order valence-electron chi connectivity index (χ4n) is 1.50. The summed E-state index contributed by atoms with van der Waals surface area (Å²) >= 11 is 1.32. The Hall–Kier alpha value is -1.33. The zero-order valence-corrected chi connectivity index (χ0v) is 10.4. The maximum absolute atomic E-state index is 13.8. The van der Waals surface area contributed by atoms with Crippen molar-refractivity contribution in [1.82, 2.24) is 9.55 Å². The summed E-state index contributed by atoms with van der Waals surface area (Å²) < 4.78 is 15.7. The first-order chi connectivity index (χ1) is 8.20. The maximum Gasteiger partial charge on any atom is 0.172 e. The number of rotatable bonds is 4. The van der Waals surface area contributed by atoms with E-state index in [4.69, 9.17) is 5.73 Å². The third-order valence-corrected chi connectivity index (χ3v) is 3.53. The van der Waals surface area contributed by atoms with Crippen LogP contribution in [0.3, 0.4) is 0 Å². The highest BCUT2D eigenvalue weighted by atomic mass is 32.2. The lowest BCUT2D eigenvalue weighted by Gasteiger charge is -2.05. The van der Waals surface area contributed by atoms with E-state index in [9.17, 15) is 4.39 Å². The van der Waals surface area contributed by atoms with E-state index < -0.39 is 0 Å². The normalized spacial score (nSPS) is 10.8. The smallest absolute Gasteiger partial charge is 0.172 e. The zero-order chi connectivity index (χ0) is 12.3. The second-order valence-corrected chi connectivity index (χ2v) is 4.74. The Morgan fingerprint density at radius 2 is 2.29 bits per heavy atom. The topological polar surface area (TPSA) is 43.8 Å². The minimum atomic E-state index is -0.219. The number of nitrogens with zero attached hydrogens (tertiary/aromatic N) is 2. The molecule has 1 heterocycles. The van der Waals surface area contributed by atoms with Crippen molar-refractivity contribution in [2.24, 2.45) is 12.8 Å². The van der Waals surface area contributed by atoms with E-state index in [0.29, 0.717) is 17.9 Å². The Labute approximate surface area is 104 Å². The van der Waals surface area contributed by atoms with Gasteiger partial charge < -0.3 is 10.3 Å². The third kappa shape index (κ3) is 2.87. The molecule has 2 N–H and O–H groups in total. The van der Waals surface area contributed by atoms with Crippen molar-refractivity contribution in [1.29, 1.82) is 0 Å². The van der Waals surface area contributed by atoms with Gasteiger partial charge in [-0.3, -0.25) is 0 Å². The van der Waals surface area contributed by atoms with Crippen molar-refractivity contribution in [2.45, 2.75) is 16.5 Å². The molecule has 0 aliphatic carbocycles. The molecule has 2 rings (SSSR count). The zero-order valence-electron chi connectivity index (χ0n) is 9.56. The number of imidazole rings is 1. The molecule has 90 valence electrons. The van der Waals surface area contributed by atoms with Crippen LogP contribution >= 0.6 is 11.8 Å². The Morgan fingerprint density at radius 1 is 1.47 bits per heavy atom. The van der Waals surface area contributed by atoms with Gasteiger partial charge in [-0.25, -0.2) is 9.37 Å². The lowest BCUT2D eigenvalue weighted by molar-refractivity contribution is 0.598. The van der Waals surface area contributed by atoms with Crippen LogP contribution in [0.4, 0.5) is 4.39 Å². The van der Waals surface area contributed by atoms with Gasteiger partial charge >= 0.3 is 0 Å². The molecule has 3 nitrogen and oxygen atoms in total. The molecular formula is C12H14FN3S. The Balaban J connectivity index is 2.19. The van der Waals surface area contributed by atoms with Crippen LogP contribution in [-0.2, 0) is 13.5 Å². The number of hydrogen-bond donors (Lipinski definition) is 1. The van der Waals surface area contributed by atoms with E-state index in [2.05, 4.69) is 4.98 Å².